The molecule has 15 heteroatoms. The number of Topliss-reactive ketones (excluding diaryl/α,β-unsaturated/α-hetero) is 1. The van der Waals surface area contributed by atoms with Gasteiger partial charge in [-0.3, -0.25) is 28.8 Å². The van der Waals surface area contributed by atoms with E-state index in [9.17, 15) is 38.4 Å². The van der Waals surface area contributed by atoms with Gasteiger partial charge in [-0.1, -0.05) is 81.4 Å². The zero-order valence-corrected chi connectivity index (χ0v) is 38.5. The van der Waals surface area contributed by atoms with E-state index in [4.69, 9.17) is 9.47 Å². The highest BCUT2D eigenvalue weighted by atomic mass is 16.6. The van der Waals surface area contributed by atoms with Crippen LogP contribution in [0.4, 0.5) is 0 Å². The predicted molar refractivity (Wildman–Crippen MR) is 225 cm³/mol. The molecule has 0 bridgehead atoms. The first-order valence-corrected chi connectivity index (χ1v) is 21.0. The second kappa shape index (κ2) is 23.9. The normalized spacial score (nSPS) is 28.1. The molecule has 0 saturated carbocycles. The SMILES string of the molecule is CC/C=C(\C)C1OC(=O)[C@H](C)N(C)C(=O)C(C(C)C)NC(=O)CN(C)C(=O)[C@@H](CC(C)C)N(C)C(=O)[C@H](C(C)C)NC(=O)[C@@H]([C@@H](C)CC)OC(=O)/C(C)=C/CC(=O)[C@H]1C. The van der Waals surface area contributed by atoms with Gasteiger partial charge in [0.05, 0.1) is 12.5 Å². The maximum absolute atomic E-state index is 14.2. The molecule has 15 nitrogen and oxygen atoms in total. The van der Waals surface area contributed by atoms with Crippen LogP contribution < -0.4 is 10.6 Å². The Bertz CT molecular complexity index is 1590. The lowest BCUT2D eigenvalue weighted by Crippen LogP contribution is -2.59. The van der Waals surface area contributed by atoms with Crippen molar-refractivity contribution in [3.05, 3.63) is 23.3 Å². The molecule has 1 heterocycles. The molecule has 5 amide bonds. The number of hydrogen-bond acceptors (Lipinski definition) is 10. The number of esters is 2. The summed E-state index contributed by atoms with van der Waals surface area (Å²) in [5.41, 5.74) is 0.711. The van der Waals surface area contributed by atoms with Crippen LogP contribution in [0.15, 0.2) is 23.3 Å². The fourth-order valence-electron chi connectivity index (χ4n) is 6.64. The van der Waals surface area contributed by atoms with E-state index < -0.39 is 108 Å². The van der Waals surface area contributed by atoms with Gasteiger partial charge in [-0.05, 0) is 63.4 Å². The van der Waals surface area contributed by atoms with E-state index in [-0.39, 0.29) is 30.1 Å². The number of amides is 5. The van der Waals surface area contributed by atoms with Crippen molar-refractivity contribution in [1.82, 2.24) is 25.3 Å². The fourth-order valence-corrected chi connectivity index (χ4v) is 6.64. The van der Waals surface area contributed by atoms with Gasteiger partial charge in [0.15, 0.2) is 6.10 Å². The minimum atomic E-state index is -1.28. The Morgan fingerprint density at radius 1 is 0.814 bits per heavy atom. The summed E-state index contributed by atoms with van der Waals surface area (Å²) in [5.74, 6) is -7.09. The van der Waals surface area contributed by atoms with Crippen LogP contribution in [-0.2, 0) is 47.8 Å². The Morgan fingerprint density at radius 3 is 1.86 bits per heavy atom. The van der Waals surface area contributed by atoms with Crippen LogP contribution in [0.25, 0.3) is 0 Å². The minimum Gasteiger partial charge on any atom is -0.456 e. The van der Waals surface area contributed by atoms with Crippen LogP contribution in [0.5, 0.6) is 0 Å². The highest BCUT2D eigenvalue weighted by Crippen LogP contribution is 2.23. The minimum absolute atomic E-state index is 0.0492. The second-order valence-corrected chi connectivity index (χ2v) is 17.2. The largest absolute Gasteiger partial charge is 0.456 e. The number of allylic oxidation sites excluding steroid dienone is 2. The topological polar surface area (TPSA) is 189 Å². The maximum Gasteiger partial charge on any atom is 0.334 e. The molecule has 1 aliphatic heterocycles. The average molecular weight is 832 g/mol. The maximum atomic E-state index is 14.2. The molecule has 8 atom stereocenters. The van der Waals surface area contributed by atoms with E-state index in [2.05, 4.69) is 10.6 Å². The first-order valence-electron chi connectivity index (χ1n) is 21.0. The Balaban J connectivity index is 3.88. The fraction of sp³-hybridized carbons (Fsp3) is 0.727. The molecule has 0 saturated heterocycles. The van der Waals surface area contributed by atoms with Gasteiger partial charge in [0, 0.05) is 39.1 Å². The number of carbonyl (C=O) groups is 8. The van der Waals surface area contributed by atoms with Gasteiger partial charge in [0.1, 0.15) is 36.1 Å². The van der Waals surface area contributed by atoms with Gasteiger partial charge in [-0.2, -0.15) is 0 Å². The van der Waals surface area contributed by atoms with Crippen LogP contribution in [0.2, 0.25) is 0 Å². The van der Waals surface area contributed by atoms with E-state index in [1.807, 2.05) is 33.8 Å². The first kappa shape index (κ1) is 52.5. The molecule has 59 heavy (non-hydrogen) atoms. The monoisotopic (exact) mass is 832 g/mol. The van der Waals surface area contributed by atoms with Crippen molar-refractivity contribution in [2.45, 2.75) is 152 Å². The van der Waals surface area contributed by atoms with Crippen molar-refractivity contribution in [3.63, 3.8) is 0 Å². The van der Waals surface area contributed by atoms with Crippen LogP contribution in [0.1, 0.15) is 116 Å². The van der Waals surface area contributed by atoms with Crippen molar-refractivity contribution in [2.24, 2.45) is 29.6 Å². The lowest BCUT2D eigenvalue weighted by molar-refractivity contribution is -0.160. The van der Waals surface area contributed by atoms with Gasteiger partial charge in [0.2, 0.25) is 23.6 Å². The lowest BCUT2D eigenvalue weighted by Gasteiger charge is -2.36. The second-order valence-electron chi connectivity index (χ2n) is 17.2. The Labute approximate surface area is 352 Å². The lowest BCUT2D eigenvalue weighted by atomic mass is 9.91. The number of likely N-dealkylation sites (N-methyl/N-ethyl adjacent to an activating group) is 3. The Morgan fingerprint density at radius 2 is 1.36 bits per heavy atom. The molecule has 334 valence electrons. The third kappa shape index (κ3) is 14.9. The number of cyclic esters (lactones) is 2. The quantitative estimate of drug-likeness (QED) is 0.265. The summed E-state index contributed by atoms with van der Waals surface area (Å²) in [6, 6.07) is -4.31. The van der Waals surface area contributed by atoms with Crippen LogP contribution in [-0.4, -0.2) is 126 Å². The molecule has 0 aromatic heterocycles. The molecule has 0 fully saturated rings. The number of ether oxygens (including phenoxy) is 2. The Hall–Kier alpha value is -4.56. The average Bonchev–Trinajstić information content (AvgIpc) is 3.17. The standard InChI is InChI=1S/C44H73N5O10/c1-17-19-28(10)37-30(12)33(50)21-20-29(11)43(56)59-38(27(9)18-2)39(52)46-36(26(7)8)42(55)49(16)32(22-24(3)4)40(53)47(14)23-34(51)45-35(25(5)6)41(54)48(15)31(13)44(57)58-37/h19-20,24-27,30-32,35-38H,17-18,21-23H2,1-16H3,(H,45,51)(H,46,52)/b28-19+,29-20+/t27-,30+,31-,32+,35?,36-,37?,38+/m0/s1. The molecule has 1 aliphatic rings. The van der Waals surface area contributed by atoms with Gasteiger partial charge in [0.25, 0.3) is 5.91 Å². The zero-order chi connectivity index (χ0) is 45.6. The van der Waals surface area contributed by atoms with Crippen LogP contribution in [0, 0.1) is 29.6 Å². The molecular weight excluding hydrogens is 759 g/mol. The smallest absolute Gasteiger partial charge is 0.334 e. The predicted octanol–water partition coefficient (Wildman–Crippen LogP) is 4.23. The molecule has 0 aliphatic carbocycles. The van der Waals surface area contributed by atoms with Gasteiger partial charge >= 0.3 is 11.9 Å². The Kier molecular flexibility index (Phi) is 21.2. The molecule has 2 N–H and O–H groups in total. The molecule has 2 unspecified atom stereocenters. The number of carbonyl (C=O) groups excluding carboxylic acids is 8. The third-order valence-corrected chi connectivity index (χ3v) is 11.1. The van der Waals surface area contributed by atoms with Crippen LogP contribution >= 0.6 is 0 Å². The van der Waals surface area contributed by atoms with E-state index >= 15 is 0 Å². The van der Waals surface area contributed by atoms with E-state index in [0.29, 0.717) is 18.4 Å². The van der Waals surface area contributed by atoms with E-state index in [1.165, 1.54) is 55.8 Å². The summed E-state index contributed by atoms with van der Waals surface area (Å²) in [5, 5.41) is 5.51. The number of ketones is 1. The van der Waals surface area contributed by atoms with Gasteiger partial charge in [-0.25, -0.2) is 9.59 Å². The van der Waals surface area contributed by atoms with Crippen molar-refractivity contribution < 1.29 is 47.8 Å². The summed E-state index contributed by atoms with van der Waals surface area (Å²) in [4.78, 5) is 114. The number of hydrogen-bond donors (Lipinski definition) is 2. The summed E-state index contributed by atoms with van der Waals surface area (Å²) in [6.45, 7) is 22.1. The van der Waals surface area contributed by atoms with Gasteiger partial charge in [-0.15, -0.1) is 0 Å². The number of rotatable bonds is 8. The molecule has 0 radical (unpaired) electrons. The zero-order valence-electron chi connectivity index (χ0n) is 38.5. The summed E-state index contributed by atoms with van der Waals surface area (Å²) < 4.78 is 11.7. The summed E-state index contributed by atoms with van der Waals surface area (Å²) >= 11 is 0. The summed E-state index contributed by atoms with van der Waals surface area (Å²) in [6.07, 6.45) is 2.07. The number of nitrogens with zero attached hydrogens (tertiary/aromatic N) is 3. The van der Waals surface area contributed by atoms with Gasteiger partial charge < -0.3 is 34.8 Å². The molecule has 0 aromatic carbocycles. The summed E-state index contributed by atoms with van der Waals surface area (Å²) in [7, 11) is 4.32. The molecule has 1 rings (SSSR count). The highest BCUT2D eigenvalue weighted by Gasteiger charge is 2.39. The van der Waals surface area contributed by atoms with Crippen molar-refractivity contribution in [3.8, 4) is 0 Å². The highest BCUT2D eigenvalue weighted by molar-refractivity contribution is 5.97. The first-order chi connectivity index (χ1) is 27.3. The number of nitrogens with one attached hydrogen (secondary N) is 2. The van der Waals surface area contributed by atoms with Crippen molar-refractivity contribution in [2.75, 3.05) is 27.7 Å². The van der Waals surface area contributed by atoms with E-state index in [1.54, 1.807) is 48.5 Å². The third-order valence-electron chi connectivity index (χ3n) is 11.1. The van der Waals surface area contributed by atoms with Crippen LogP contribution in [0.3, 0.4) is 0 Å². The molecular formula is C44H73N5O10. The molecule has 0 spiro atoms. The van der Waals surface area contributed by atoms with E-state index in [0.717, 1.165) is 0 Å². The van der Waals surface area contributed by atoms with Crippen molar-refractivity contribution >= 4 is 47.3 Å². The van der Waals surface area contributed by atoms with Crippen molar-refractivity contribution in [1.29, 1.82) is 0 Å². The molecule has 0 aromatic rings.